The van der Waals surface area contributed by atoms with Gasteiger partial charge in [-0.3, -0.25) is 4.90 Å². The highest BCUT2D eigenvalue weighted by Gasteiger charge is 2.46. The first-order valence-corrected chi connectivity index (χ1v) is 11.6. The van der Waals surface area contributed by atoms with E-state index in [0.29, 0.717) is 6.54 Å². The lowest BCUT2D eigenvalue weighted by atomic mass is 9.98. The molecular weight excluding hydrogens is 432 g/mol. The van der Waals surface area contributed by atoms with Gasteiger partial charge in [-0.15, -0.1) is 0 Å². The summed E-state index contributed by atoms with van der Waals surface area (Å²) in [5.41, 5.74) is 3.84. The second-order valence-electron chi connectivity index (χ2n) is 8.40. The number of carbonyl (C=O) groups excluding carboxylic acids is 1. The van der Waals surface area contributed by atoms with Gasteiger partial charge in [-0.05, 0) is 47.5 Å². The van der Waals surface area contributed by atoms with Gasteiger partial charge in [-0.1, -0.05) is 90.7 Å². The minimum Gasteiger partial charge on any atom is -0.497 e. The monoisotopic (exact) mass is 458 g/mol. The van der Waals surface area contributed by atoms with Crippen molar-refractivity contribution in [3.63, 3.8) is 0 Å². The predicted molar refractivity (Wildman–Crippen MR) is 139 cm³/mol. The van der Waals surface area contributed by atoms with Crippen LogP contribution in [-0.4, -0.2) is 24.1 Å². The number of amides is 2. The highest BCUT2D eigenvalue weighted by atomic mass is 16.5. The van der Waals surface area contributed by atoms with Gasteiger partial charge in [0.05, 0.1) is 13.2 Å². The highest BCUT2D eigenvalue weighted by molar-refractivity contribution is 5.96. The molecule has 5 rings (SSSR count). The van der Waals surface area contributed by atoms with E-state index in [1.165, 1.54) is 0 Å². The molecule has 0 saturated carbocycles. The molecule has 1 saturated heterocycles. The molecule has 0 bridgehead atoms. The number of hydrogen-bond acceptors (Lipinski definition) is 2. The van der Waals surface area contributed by atoms with Crippen LogP contribution in [0, 0.1) is 11.8 Å². The average molecular weight is 459 g/mol. The fourth-order valence-electron chi connectivity index (χ4n) is 4.47. The Bertz CT molecular complexity index is 1330. The minimum atomic E-state index is -0.340. The molecule has 0 unspecified atom stereocenters. The summed E-state index contributed by atoms with van der Waals surface area (Å²) in [6, 6.07) is 37.1. The van der Waals surface area contributed by atoms with Crippen LogP contribution >= 0.6 is 0 Å². The van der Waals surface area contributed by atoms with Crippen molar-refractivity contribution in [2.75, 3.05) is 12.0 Å². The maximum absolute atomic E-state index is 14.0. The van der Waals surface area contributed by atoms with Crippen LogP contribution in [0.15, 0.2) is 115 Å². The number of rotatable bonds is 5. The van der Waals surface area contributed by atoms with Gasteiger partial charge >= 0.3 is 6.03 Å². The summed E-state index contributed by atoms with van der Waals surface area (Å²) < 4.78 is 5.34. The summed E-state index contributed by atoms with van der Waals surface area (Å²) >= 11 is 0. The topological polar surface area (TPSA) is 32.8 Å². The fourth-order valence-corrected chi connectivity index (χ4v) is 4.47. The van der Waals surface area contributed by atoms with E-state index >= 15 is 0 Å². The average Bonchev–Trinajstić information content (AvgIpc) is 3.20. The summed E-state index contributed by atoms with van der Waals surface area (Å²) in [5, 5.41) is 0. The molecule has 0 aromatic heterocycles. The Balaban J connectivity index is 1.63. The van der Waals surface area contributed by atoms with Crippen molar-refractivity contribution < 1.29 is 9.53 Å². The zero-order valence-corrected chi connectivity index (χ0v) is 19.5. The van der Waals surface area contributed by atoms with Crippen LogP contribution in [0.1, 0.15) is 22.7 Å². The number of urea groups is 1. The molecule has 35 heavy (non-hydrogen) atoms. The van der Waals surface area contributed by atoms with Crippen molar-refractivity contribution in [3.8, 4) is 17.6 Å². The molecular formula is C31H26N2O2. The number of ether oxygens (including phenoxy) is 1. The lowest BCUT2D eigenvalue weighted by Gasteiger charge is -2.25. The molecule has 1 heterocycles. The van der Waals surface area contributed by atoms with E-state index in [9.17, 15) is 4.79 Å². The Labute approximate surface area is 206 Å². The molecule has 4 aromatic carbocycles. The molecule has 4 aromatic rings. The third-order valence-corrected chi connectivity index (χ3v) is 6.19. The van der Waals surface area contributed by atoms with Crippen LogP contribution in [0.5, 0.6) is 5.75 Å². The van der Waals surface area contributed by atoms with Gasteiger partial charge < -0.3 is 9.64 Å². The quantitative estimate of drug-likeness (QED) is 0.329. The number of nitrogens with zero attached hydrogens (tertiary/aromatic N) is 2. The number of benzene rings is 4. The molecule has 1 aliphatic heterocycles. The summed E-state index contributed by atoms with van der Waals surface area (Å²) in [7, 11) is 1.64. The third-order valence-electron chi connectivity index (χ3n) is 6.19. The van der Waals surface area contributed by atoms with Crippen molar-refractivity contribution in [2.45, 2.75) is 18.6 Å². The van der Waals surface area contributed by atoms with Crippen molar-refractivity contribution in [1.29, 1.82) is 0 Å². The molecule has 172 valence electrons. The zero-order chi connectivity index (χ0) is 24.0. The van der Waals surface area contributed by atoms with Crippen molar-refractivity contribution in [1.82, 2.24) is 4.90 Å². The van der Waals surface area contributed by atoms with Crippen molar-refractivity contribution in [3.05, 3.63) is 132 Å². The van der Waals surface area contributed by atoms with Crippen LogP contribution in [0.4, 0.5) is 10.5 Å². The molecule has 0 aliphatic carbocycles. The first-order chi connectivity index (χ1) is 17.2. The van der Waals surface area contributed by atoms with Gasteiger partial charge in [-0.2, -0.15) is 0 Å². The maximum atomic E-state index is 14.0. The minimum absolute atomic E-state index is 0.0692. The molecule has 0 spiro atoms. The van der Waals surface area contributed by atoms with Crippen molar-refractivity contribution in [2.24, 2.45) is 0 Å². The molecule has 1 aliphatic rings. The van der Waals surface area contributed by atoms with E-state index in [2.05, 4.69) is 24.0 Å². The number of methoxy groups -OCH3 is 1. The first-order valence-electron chi connectivity index (χ1n) is 11.6. The molecule has 0 radical (unpaired) electrons. The Kier molecular flexibility index (Phi) is 6.50. The largest absolute Gasteiger partial charge is 0.497 e. The summed E-state index contributed by atoms with van der Waals surface area (Å²) in [4.78, 5) is 17.8. The Morgan fingerprint density at radius 1 is 0.771 bits per heavy atom. The van der Waals surface area contributed by atoms with Crippen LogP contribution in [0.3, 0.4) is 0 Å². The molecule has 4 heteroatoms. The maximum Gasteiger partial charge on any atom is 0.326 e. The van der Waals surface area contributed by atoms with E-state index in [-0.39, 0.29) is 18.1 Å². The molecule has 4 nitrogen and oxygen atoms in total. The van der Waals surface area contributed by atoms with Gasteiger partial charge in [0.25, 0.3) is 0 Å². The lowest BCUT2D eigenvalue weighted by Crippen LogP contribution is -2.34. The van der Waals surface area contributed by atoms with E-state index in [0.717, 1.165) is 28.1 Å². The van der Waals surface area contributed by atoms with Crippen LogP contribution in [0.2, 0.25) is 0 Å². The van der Waals surface area contributed by atoms with Gasteiger partial charge in [0.1, 0.15) is 11.8 Å². The second kappa shape index (κ2) is 10.2. The lowest BCUT2D eigenvalue weighted by molar-refractivity contribution is 0.210. The van der Waals surface area contributed by atoms with Crippen molar-refractivity contribution >= 4 is 11.7 Å². The SMILES string of the molecule is COc1ccc(N2C(=O)N(Cc3ccccc3)[C@H](C#Cc3ccccc3)[C@H]2c2ccccc2)cc1. The zero-order valence-electron chi connectivity index (χ0n) is 19.5. The summed E-state index contributed by atoms with van der Waals surface area (Å²) in [6.45, 7) is 0.476. The summed E-state index contributed by atoms with van der Waals surface area (Å²) in [6.07, 6.45) is 0. The Morgan fingerprint density at radius 3 is 2.00 bits per heavy atom. The standard InChI is InChI=1S/C31H26N2O2/c1-35-28-20-18-27(19-21-28)33-30(26-15-9-4-10-16-26)29(22-17-24-11-5-2-6-12-24)32(31(33)34)23-25-13-7-3-8-14-25/h2-16,18-21,29-30H,23H2,1H3/t29-,30-/m1/s1. The Morgan fingerprint density at radius 2 is 1.37 bits per heavy atom. The van der Waals surface area contributed by atoms with Gasteiger partial charge in [0.2, 0.25) is 0 Å². The number of carbonyl (C=O) groups is 1. The number of hydrogen-bond donors (Lipinski definition) is 0. The Hall–Kier alpha value is -4.49. The normalized spacial score (nSPS) is 17.1. The van der Waals surface area contributed by atoms with Gasteiger partial charge in [0.15, 0.2) is 0 Å². The molecule has 0 N–H and O–H groups in total. The van der Waals surface area contributed by atoms with E-state index in [1.54, 1.807) is 7.11 Å². The smallest absolute Gasteiger partial charge is 0.326 e. The van der Waals surface area contributed by atoms with Gasteiger partial charge in [0, 0.05) is 17.8 Å². The fraction of sp³-hybridized carbons (Fsp3) is 0.129. The molecule has 2 amide bonds. The van der Waals surface area contributed by atoms with Crippen LogP contribution < -0.4 is 9.64 Å². The molecule has 2 atom stereocenters. The van der Waals surface area contributed by atoms with E-state index in [1.807, 2.05) is 113 Å². The van der Waals surface area contributed by atoms with E-state index < -0.39 is 0 Å². The van der Waals surface area contributed by atoms with E-state index in [4.69, 9.17) is 4.74 Å². The highest BCUT2D eigenvalue weighted by Crippen LogP contribution is 2.40. The first kappa shape index (κ1) is 22.3. The number of anilines is 1. The second-order valence-corrected chi connectivity index (χ2v) is 8.40. The van der Waals surface area contributed by atoms with Gasteiger partial charge in [-0.25, -0.2) is 4.79 Å². The predicted octanol–water partition coefficient (Wildman–Crippen LogP) is 6.30. The third kappa shape index (κ3) is 4.76. The molecule has 1 fully saturated rings. The van der Waals surface area contributed by atoms with Crippen LogP contribution in [0.25, 0.3) is 0 Å². The van der Waals surface area contributed by atoms with Crippen LogP contribution in [-0.2, 0) is 6.54 Å². The summed E-state index contributed by atoms with van der Waals surface area (Å²) in [5.74, 6) is 7.53.